The van der Waals surface area contributed by atoms with E-state index < -0.39 is 0 Å². The Labute approximate surface area is 163 Å². The van der Waals surface area contributed by atoms with Crippen molar-refractivity contribution in [3.05, 3.63) is 52.0 Å². The zero-order valence-electron chi connectivity index (χ0n) is 14.4. The molecular formula is C20H23BrN2OS. The second-order valence-electron chi connectivity index (χ2n) is 6.42. The van der Waals surface area contributed by atoms with E-state index in [0.29, 0.717) is 6.54 Å². The molecule has 25 heavy (non-hydrogen) atoms. The quantitative estimate of drug-likeness (QED) is 0.375. The van der Waals surface area contributed by atoms with Crippen LogP contribution in [-0.4, -0.2) is 12.6 Å². The number of urea groups is 1. The molecule has 3 nitrogen and oxygen atoms in total. The Morgan fingerprint density at radius 3 is 2.60 bits per heavy atom. The van der Waals surface area contributed by atoms with Gasteiger partial charge in [-0.05, 0) is 59.4 Å². The van der Waals surface area contributed by atoms with Gasteiger partial charge in [-0.1, -0.05) is 67.1 Å². The number of nitrogens with zero attached hydrogens (tertiary/aromatic N) is 1. The largest absolute Gasteiger partial charge is 0.337 e. The minimum absolute atomic E-state index is 0.168. The molecule has 1 N–H and O–H groups in total. The summed E-state index contributed by atoms with van der Waals surface area (Å²) in [6.07, 6.45) is 5.45. The van der Waals surface area contributed by atoms with Gasteiger partial charge in [-0.15, -0.1) is 0 Å². The average molecular weight is 419 g/mol. The van der Waals surface area contributed by atoms with E-state index in [-0.39, 0.29) is 6.03 Å². The van der Waals surface area contributed by atoms with Gasteiger partial charge >= 0.3 is 6.03 Å². The summed E-state index contributed by atoms with van der Waals surface area (Å²) in [7, 11) is 0. The molecule has 0 saturated heterocycles. The van der Waals surface area contributed by atoms with E-state index >= 15 is 0 Å². The third-order valence-corrected chi connectivity index (χ3v) is 5.48. The number of halogens is 1. The first kappa shape index (κ1) is 18.3. The third kappa shape index (κ3) is 4.21. The summed E-state index contributed by atoms with van der Waals surface area (Å²) in [5.41, 5.74) is 5.87. The van der Waals surface area contributed by atoms with E-state index in [1.165, 1.54) is 39.4 Å². The molecule has 5 heteroatoms. The topological polar surface area (TPSA) is 32.3 Å². The molecule has 0 saturated carbocycles. The lowest BCUT2D eigenvalue weighted by Crippen LogP contribution is -2.34. The molecule has 0 unspecified atom stereocenters. The molecule has 3 rings (SSSR count). The summed E-state index contributed by atoms with van der Waals surface area (Å²) in [5, 5.41) is 2.94. The molecular weight excluding hydrogens is 396 g/mol. The lowest BCUT2D eigenvalue weighted by Gasteiger charge is -2.17. The van der Waals surface area contributed by atoms with Crippen LogP contribution in [0.4, 0.5) is 10.5 Å². The summed E-state index contributed by atoms with van der Waals surface area (Å²) in [4.78, 5) is 12.3. The smallest absolute Gasteiger partial charge is 0.331 e. The first-order valence-corrected chi connectivity index (χ1v) is 9.98. The minimum Gasteiger partial charge on any atom is -0.337 e. The second-order valence-corrected chi connectivity index (χ2v) is 7.74. The van der Waals surface area contributed by atoms with Gasteiger partial charge in [0, 0.05) is 11.0 Å². The highest BCUT2D eigenvalue weighted by Gasteiger charge is 2.20. The molecule has 0 heterocycles. The van der Waals surface area contributed by atoms with Crippen molar-refractivity contribution in [2.24, 2.45) is 0 Å². The van der Waals surface area contributed by atoms with Crippen LogP contribution in [0.5, 0.6) is 0 Å². The Balaban J connectivity index is 1.66. The average Bonchev–Trinajstić information content (AvgIpc) is 2.97. The minimum atomic E-state index is -0.168. The Morgan fingerprint density at radius 1 is 1.12 bits per heavy atom. The van der Waals surface area contributed by atoms with E-state index in [1.807, 2.05) is 6.07 Å². The highest BCUT2D eigenvalue weighted by Crippen LogP contribution is 2.39. The number of fused-ring (bicyclic) bond motifs is 3. The highest BCUT2D eigenvalue weighted by molar-refractivity contribution is 9.10. The van der Waals surface area contributed by atoms with Gasteiger partial charge in [-0.25, -0.2) is 9.10 Å². The number of rotatable bonds is 6. The molecule has 2 amide bonds. The van der Waals surface area contributed by atoms with Gasteiger partial charge in [0.25, 0.3) is 0 Å². The maximum absolute atomic E-state index is 12.3. The summed E-state index contributed by atoms with van der Waals surface area (Å²) >= 11 is 7.92. The van der Waals surface area contributed by atoms with Crippen molar-refractivity contribution >= 4 is 40.5 Å². The van der Waals surface area contributed by atoms with Crippen LogP contribution in [0.1, 0.15) is 43.7 Å². The zero-order valence-corrected chi connectivity index (χ0v) is 16.9. The van der Waals surface area contributed by atoms with Crippen molar-refractivity contribution in [2.45, 2.75) is 39.0 Å². The predicted molar refractivity (Wildman–Crippen MR) is 111 cm³/mol. The summed E-state index contributed by atoms with van der Waals surface area (Å²) in [6, 6.07) is 12.3. The van der Waals surface area contributed by atoms with Crippen molar-refractivity contribution in [1.82, 2.24) is 5.32 Å². The molecule has 1 aliphatic rings. The summed E-state index contributed by atoms with van der Waals surface area (Å²) < 4.78 is 2.50. The number of anilines is 1. The lowest BCUT2D eigenvalue weighted by molar-refractivity contribution is 0.249. The van der Waals surface area contributed by atoms with Crippen LogP contribution in [-0.2, 0) is 6.42 Å². The van der Waals surface area contributed by atoms with Crippen LogP contribution >= 0.6 is 28.7 Å². The standard InChI is InChI=1S/C20H23BrN2OS/c1-2-3-4-5-10-22-20(24)23(25)17-7-9-19-15(13-17)11-14-12-16(21)6-8-18(14)19/h6-9,12-13,25H,2-5,10-11H2,1H3,(H,22,24). The van der Waals surface area contributed by atoms with Crippen molar-refractivity contribution in [2.75, 3.05) is 10.8 Å². The Hall–Kier alpha value is -1.46. The van der Waals surface area contributed by atoms with Crippen molar-refractivity contribution in [3.63, 3.8) is 0 Å². The summed E-state index contributed by atoms with van der Waals surface area (Å²) in [5.74, 6) is 0. The van der Waals surface area contributed by atoms with Crippen LogP contribution in [0, 0.1) is 0 Å². The number of hydrogen-bond acceptors (Lipinski definition) is 2. The van der Waals surface area contributed by atoms with Crippen molar-refractivity contribution in [3.8, 4) is 11.1 Å². The van der Waals surface area contributed by atoms with Crippen LogP contribution in [0.3, 0.4) is 0 Å². The molecule has 1 aliphatic carbocycles. The van der Waals surface area contributed by atoms with E-state index in [0.717, 1.165) is 29.4 Å². The highest BCUT2D eigenvalue weighted by atomic mass is 79.9. The van der Waals surface area contributed by atoms with E-state index in [9.17, 15) is 4.79 Å². The predicted octanol–water partition coefficient (Wildman–Crippen LogP) is 5.96. The molecule has 132 valence electrons. The van der Waals surface area contributed by atoms with Gasteiger partial charge < -0.3 is 5.32 Å². The molecule has 0 spiro atoms. The van der Waals surface area contributed by atoms with Crippen molar-refractivity contribution in [1.29, 1.82) is 0 Å². The lowest BCUT2D eigenvalue weighted by atomic mass is 10.1. The number of carbonyl (C=O) groups is 1. The molecule has 0 atom stereocenters. The van der Waals surface area contributed by atoms with Crippen LogP contribution < -0.4 is 9.62 Å². The van der Waals surface area contributed by atoms with Gasteiger partial charge in [-0.3, -0.25) is 0 Å². The number of thiol groups is 1. The third-order valence-electron chi connectivity index (χ3n) is 4.57. The van der Waals surface area contributed by atoms with Crippen molar-refractivity contribution < 1.29 is 4.79 Å². The Morgan fingerprint density at radius 2 is 1.84 bits per heavy atom. The molecule has 0 radical (unpaired) electrons. The normalized spacial score (nSPS) is 11.8. The number of benzene rings is 2. The summed E-state index contributed by atoms with van der Waals surface area (Å²) in [6.45, 7) is 2.87. The van der Waals surface area contributed by atoms with Gasteiger partial charge in [0.05, 0.1) is 5.69 Å². The number of unbranched alkanes of at least 4 members (excludes halogenated alkanes) is 3. The molecule has 2 aromatic carbocycles. The Kier molecular flexibility index (Phi) is 6.07. The number of amides is 2. The van der Waals surface area contributed by atoms with E-state index in [4.69, 9.17) is 0 Å². The first-order chi connectivity index (χ1) is 12.1. The van der Waals surface area contributed by atoms with E-state index in [2.05, 4.69) is 71.3 Å². The van der Waals surface area contributed by atoms with Crippen LogP contribution in [0.25, 0.3) is 11.1 Å². The van der Waals surface area contributed by atoms with Crippen LogP contribution in [0.2, 0.25) is 0 Å². The first-order valence-electron chi connectivity index (χ1n) is 8.78. The molecule has 0 aliphatic heterocycles. The number of hydrogen-bond donors (Lipinski definition) is 2. The fraction of sp³-hybridized carbons (Fsp3) is 0.350. The van der Waals surface area contributed by atoms with Crippen LogP contribution in [0.15, 0.2) is 40.9 Å². The van der Waals surface area contributed by atoms with Gasteiger partial charge in [0.15, 0.2) is 0 Å². The number of nitrogens with one attached hydrogen (secondary N) is 1. The number of carbonyl (C=O) groups excluding carboxylic acids is 1. The zero-order chi connectivity index (χ0) is 17.8. The van der Waals surface area contributed by atoms with Gasteiger partial charge in [0.2, 0.25) is 0 Å². The van der Waals surface area contributed by atoms with Gasteiger partial charge in [-0.2, -0.15) is 0 Å². The Bertz CT molecular complexity index is 778. The maximum Gasteiger partial charge on any atom is 0.331 e. The molecule has 2 aromatic rings. The molecule has 0 aromatic heterocycles. The molecule has 0 fully saturated rings. The van der Waals surface area contributed by atoms with Gasteiger partial charge in [0.1, 0.15) is 0 Å². The fourth-order valence-corrected chi connectivity index (χ4v) is 3.84. The second kappa shape index (κ2) is 8.28. The fourth-order valence-electron chi connectivity index (χ4n) is 3.24. The van der Waals surface area contributed by atoms with E-state index in [1.54, 1.807) is 0 Å². The SMILES string of the molecule is CCCCCCNC(=O)N(S)c1ccc2c(c1)Cc1cc(Br)ccc1-2. The maximum atomic E-state index is 12.3. The monoisotopic (exact) mass is 418 g/mol. The molecule has 0 bridgehead atoms.